The van der Waals surface area contributed by atoms with Crippen LogP contribution in [0, 0.1) is 0 Å². The molecule has 0 atom stereocenters. The molecule has 6 rings (SSSR count). The van der Waals surface area contributed by atoms with Crippen molar-refractivity contribution in [1.29, 1.82) is 0 Å². The van der Waals surface area contributed by atoms with Crippen molar-refractivity contribution in [2.75, 3.05) is 0 Å². The van der Waals surface area contributed by atoms with Gasteiger partial charge in [0.25, 0.3) is 0 Å². The third kappa shape index (κ3) is 2.60. The van der Waals surface area contributed by atoms with Crippen LogP contribution in [0.4, 0.5) is 0 Å². The average molecular weight is 391 g/mol. The predicted molar refractivity (Wildman–Crippen MR) is 111 cm³/mol. The highest BCUT2D eigenvalue weighted by Gasteiger charge is 2.16. The Labute approximate surface area is 169 Å². The molecular formula is C21H13N9. The van der Waals surface area contributed by atoms with E-state index in [0.717, 1.165) is 44.3 Å². The number of nitrogens with one attached hydrogen (secondary N) is 2. The van der Waals surface area contributed by atoms with Crippen LogP contribution in [-0.2, 0) is 0 Å². The smallest absolute Gasteiger partial charge is 0.159 e. The lowest BCUT2D eigenvalue weighted by Crippen LogP contribution is -1.87. The number of pyridine rings is 3. The van der Waals surface area contributed by atoms with E-state index in [4.69, 9.17) is 4.98 Å². The van der Waals surface area contributed by atoms with Gasteiger partial charge in [-0.05, 0) is 12.1 Å². The van der Waals surface area contributed by atoms with Gasteiger partial charge in [0.2, 0.25) is 0 Å². The largest absolute Gasteiger partial charge is 0.335 e. The molecule has 0 fully saturated rings. The lowest BCUT2D eigenvalue weighted by molar-refractivity contribution is 1.10. The molecule has 0 aliphatic carbocycles. The zero-order valence-corrected chi connectivity index (χ0v) is 15.5. The van der Waals surface area contributed by atoms with Gasteiger partial charge in [-0.2, -0.15) is 5.10 Å². The van der Waals surface area contributed by atoms with Crippen LogP contribution in [0.3, 0.4) is 0 Å². The van der Waals surface area contributed by atoms with Gasteiger partial charge in [0.15, 0.2) is 5.82 Å². The Morgan fingerprint density at radius 2 is 1.70 bits per heavy atom. The number of nitrogens with zero attached hydrogens (tertiary/aromatic N) is 7. The summed E-state index contributed by atoms with van der Waals surface area (Å²) in [6.07, 6.45) is 13.8. The van der Waals surface area contributed by atoms with Crippen molar-refractivity contribution in [3.63, 3.8) is 0 Å². The number of imidazole rings is 1. The van der Waals surface area contributed by atoms with Crippen molar-refractivity contribution >= 4 is 21.9 Å². The summed E-state index contributed by atoms with van der Waals surface area (Å²) in [6, 6.07) is 5.84. The number of rotatable bonds is 3. The summed E-state index contributed by atoms with van der Waals surface area (Å²) in [5, 5.41) is 8.40. The molecule has 0 radical (unpaired) electrons. The van der Waals surface area contributed by atoms with E-state index in [1.165, 1.54) is 6.33 Å². The summed E-state index contributed by atoms with van der Waals surface area (Å²) in [4.78, 5) is 29.3. The third-order valence-electron chi connectivity index (χ3n) is 4.89. The third-order valence-corrected chi connectivity index (χ3v) is 4.89. The van der Waals surface area contributed by atoms with Gasteiger partial charge in [0, 0.05) is 53.1 Å². The summed E-state index contributed by atoms with van der Waals surface area (Å²) in [5.41, 5.74) is 6.63. The molecule has 0 bridgehead atoms. The Balaban J connectivity index is 1.52. The van der Waals surface area contributed by atoms with E-state index in [1.807, 2.05) is 18.2 Å². The first-order valence-corrected chi connectivity index (χ1v) is 9.21. The quantitative estimate of drug-likeness (QED) is 0.474. The van der Waals surface area contributed by atoms with Crippen molar-refractivity contribution in [2.45, 2.75) is 0 Å². The predicted octanol–water partition coefficient (Wildman–Crippen LogP) is 3.42. The standard InChI is InChI=1S/C21H13N9/c1-2-12(5-22-3-1)15-8-23-9-18-19(15)28-21(27-18)20-14-4-16(13-6-24-11-25-7-13)26-10-17(14)29-30-20/h1-11H,(H,27,28)(H,29,30). The number of aromatic amines is 2. The Morgan fingerprint density at radius 3 is 2.57 bits per heavy atom. The van der Waals surface area contributed by atoms with E-state index < -0.39 is 0 Å². The van der Waals surface area contributed by atoms with E-state index >= 15 is 0 Å². The fourth-order valence-electron chi connectivity index (χ4n) is 3.46. The molecule has 0 aliphatic heterocycles. The molecule has 0 aromatic carbocycles. The van der Waals surface area contributed by atoms with Gasteiger partial charge in [-0.25, -0.2) is 15.0 Å². The van der Waals surface area contributed by atoms with E-state index in [2.05, 4.69) is 40.1 Å². The maximum atomic E-state index is 4.83. The Bertz CT molecular complexity index is 1490. The first-order chi connectivity index (χ1) is 14.9. The van der Waals surface area contributed by atoms with Crippen LogP contribution < -0.4 is 0 Å². The normalized spacial score (nSPS) is 11.3. The Kier molecular flexibility index (Phi) is 3.57. The minimum atomic E-state index is 0.649. The second kappa shape index (κ2) is 6.52. The molecule has 0 spiro atoms. The number of aromatic nitrogens is 9. The van der Waals surface area contributed by atoms with Crippen LogP contribution in [0.25, 0.3) is 55.8 Å². The summed E-state index contributed by atoms with van der Waals surface area (Å²) in [6.45, 7) is 0. The van der Waals surface area contributed by atoms with Gasteiger partial charge >= 0.3 is 0 Å². The molecule has 0 unspecified atom stereocenters. The monoisotopic (exact) mass is 391 g/mol. The average Bonchev–Trinajstić information content (AvgIpc) is 3.43. The van der Waals surface area contributed by atoms with Crippen LogP contribution in [0.5, 0.6) is 0 Å². The van der Waals surface area contributed by atoms with Crippen LogP contribution >= 0.6 is 0 Å². The summed E-state index contributed by atoms with van der Waals surface area (Å²) < 4.78 is 0. The molecule has 6 aromatic heterocycles. The van der Waals surface area contributed by atoms with Crippen molar-refractivity contribution in [2.24, 2.45) is 0 Å². The lowest BCUT2D eigenvalue weighted by atomic mass is 10.1. The van der Waals surface area contributed by atoms with E-state index in [-0.39, 0.29) is 0 Å². The second-order valence-corrected chi connectivity index (χ2v) is 6.72. The highest BCUT2D eigenvalue weighted by atomic mass is 15.1. The Hall–Kier alpha value is -4.53. The molecular weight excluding hydrogens is 378 g/mol. The molecule has 0 amide bonds. The van der Waals surface area contributed by atoms with E-state index in [0.29, 0.717) is 11.5 Å². The van der Waals surface area contributed by atoms with Gasteiger partial charge in [-0.3, -0.25) is 20.1 Å². The lowest BCUT2D eigenvalue weighted by Gasteiger charge is -2.00. The zero-order valence-electron chi connectivity index (χ0n) is 15.5. The molecule has 142 valence electrons. The van der Waals surface area contributed by atoms with Gasteiger partial charge in [0.1, 0.15) is 17.5 Å². The van der Waals surface area contributed by atoms with Crippen LogP contribution in [0.2, 0.25) is 0 Å². The molecule has 0 aliphatic rings. The van der Waals surface area contributed by atoms with Crippen molar-refractivity contribution < 1.29 is 0 Å². The van der Waals surface area contributed by atoms with Gasteiger partial charge < -0.3 is 4.98 Å². The highest BCUT2D eigenvalue weighted by molar-refractivity contribution is 5.97. The maximum Gasteiger partial charge on any atom is 0.159 e. The molecule has 0 saturated heterocycles. The number of hydrogen-bond donors (Lipinski definition) is 2. The van der Waals surface area contributed by atoms with Crippen LogP contribution in [0.15, 0.2) is 67.9 Å². The minimum absolute atomic E-state index is 0.649. The van der Waals surface area contributed by atoms with Crippen molar-refractivity contribution in [3.8, 4) is 33.9 Å². The highest BCUT2D eigenvalue weighted by Crippen LogP contribution is 2.31. The van der Waals surface area contributed by atoms with Crippen LogP contribution in [-0.4, -0.2) is 45.1 Å². The van der Waals surface area contributed by atoms with Gasteiger partial charge in [-0.15, -0.1) is 0 Å². The molecule has 9 heteroatoms. The Morgan fingerprint density at radius 1 is 0.800 bits per heavy atom. The topological polar surface area (TPSA) is 122 Å². The second-order valence-electron chi connectivity index (χ2n) is 6.72. The van der Waals surface area contributed by atoms with Crippen molar-refractivity contribution in [3.05, 3.63) is 67.9 Å². The molecule has 6 aromatic rings. The number of fused-ring (bicyclic) bond motifs is 2. The van der Waals surface area contributed by atoms with Crippen LogP contribution in [0.1, 0.15) is 0 Å². The zero-order chi connectivity index (χ0) is 19.9. The summed E-state index contributed by atoms with van der Waals surface area (Å²) in [7, 11) is 0. The molecule has 0 saturated carbocycles. The molecule has 6 heterocycles. The fourth-order valence-corrected chi connectivity index (χ4v) is 3.46. The molecule has 9 nitrogen and oxygen atoms in total. The number of hydrogen-bond acceptors (Lipinski definition) is 7. The maximum absolute atomic E-state index is 4.83. The van der Waals surface area contributed by atoms with E-state index in [9.17, 15) is 0 Å². The van der Waals surface area contributed by atoms with E-state index in [1.54, 1.807) is 43.4 Å². The first kappa shape index (κ1) is 16.4. The minimum Gasteiger partial charge on any atom is -0.335 e. The van der Waals surface area contributed by atoms with Gasteiger partial charge in [0.05, 0.1) is 29.1 Å². The SMILES string of the molecule is c1cncc(-c2cncc3[nH]c(-c4n[nH]c5cnc(-c6cncnc6)cc45)nc23)c1. The first-order valence-electron chi connectivity index (χ1n) is 9.21. The molecule has 2 N–H and O–H groups in total. The van der Waals surface area contributed by atoms with Crippen molar-refractivity contribution in [1.82, 2.24) is 45.1 Å². The number of H-pyrrole nitrogens is 2. The summed E-state index contributed by atoms with van der Waals surface area (Å²) in [5.74, 6) is 0.649. The fraction of sp³-hybridized carbons (Fsp3) is 0. The van der Waals surface area contributed by atoms with Gasteiger partial charge in [-0.1, -0.05) is 6.07 Å². The summed E-state index contributed by atoms with van der Waals surface area (Å²) >= 11 is 0. The molecule has 30 heavy (non-hydrogen) atoms.